The summed E-state index contributed by atoms with van der Waals surface area (Å²) in [4.78, 5) is 0. The lowest BCUT2D eigenvalue weighted by atomic mass is 10.0. The van der Waals surface area contributed by atoms with Crippen LogP contribution in [-0.4, -0.2) is 28.0 Å². The van der Waals surface area contributed by atoms with E-state index in [1.807, 2.05) is 19.1 Å². The summed E-state index contributed by atoms with van der Waals surface area (Å²) in [6, 6.07) is 4.08. The Labute approximate surface area is 90.7 Å². The summed E-state index contributed by atoms with van der Waals surface area (Å²) in [6.45, 7) is 6.34. The van der Waals surface area contributed by atoms with Crippen LogP contribution < -0.4 is 5.32 Å². The molecule has 1 aromatic rings. The predicted octanol–water partition coefficient (Wildman–Crippen LogP) is 1.60. The van der Waals surface area contributed by atoms with E-state index in [4.69, 9.17) is 5.11 Å². The quantitative estimate of drug-likeness (QED) is 0.773. The fraction of sp³-hybridized carbons (Fsp3) is 0.636. The average molecular weight is 209 g/mol. The van der Waals surface area contributed by atoms with Crippen LogP contribution in [0.4, 0.5) is 5.82 Å². The molecule has 1 heterocycles. The van der Waals surface area contributed by atoms with Crippen LogP contribution in [0.5, 0.6) is 0 Å². The van der Waals surface area contributed by atoms with E-state index in [1.54, 1.807) is 0 Å². The van der Waals surface area contributed by atoms with Crippen molar-refractivity contribution >= 4 is 5.82 Å². The second kappa shape index (κ2) is 5.66. The number of nitrogens with one attached hydrogen (secondary N) is 1. The van der Waals surface area contributed by atoms with Crippen molar-refractivity contribution in [2.75, 3.05) is 11.9 Å². The maximum Gasteiger partial charge on any atom is 0.148 e. The highest BCUT2D eigenvalue weighted by Crippen LogP contribution is 2.12. The first-order valence-electron chi connectivity index (χ1n) is 5.31. The largest absolute Gasteiger partial charge is 0.396 e. The fourth-order valence-corrected chi connectivity index (χ4v) is 1.38. The van der Waals surface area contributed by atoms with Gasteiger partial charge >= 0.3 is 0 Å². The van der Waals surface area contributed by atoms with Gasteiger partial charge in [-0.2, -0.15) is 5.10 Å². The van der Waals surface area contributed by atoms with Crippen molar-refractivity contribution in [2.45, 2.75) is 33.2 Å². The summed E-state index contributed by atoms with van der Waals surface area (Å²) in [6.07, 6.45) is 0.729. The zero-order valence-corrected chi connectivity index (χ0v) is 9.57. The van der Waals surface area contributed by atoms with E-state index in [0.29, 0.717) is 5.92 Å². The van der Waals surface area contributed by atoms with Crippen molar-refractivity contribution < 1.29 is 5.11 Å². The van der Waals surface area contributed by atoms with Gasteiger partial charge in [-0.1, -0.05) is 13.8 Å². The molecule has 0 aliphatic carbocycles. The molecule has 1 rings (SSSR count). The van der Waals surface area contributed by atoms with Gasteiger partial charge in [-0.3, -0.25) is 0 Å². The number of hydrogen-bond donors (Lipinski definition) is 2. The summed E-state index contributed by atoms with van der Waals surface area (Å²) < 4.78 is 0. The van der Waals surface area contributed by atoms with Crippen molar-refractivity contribution in [1.82, 2.24) is 10.2 Å². The van der Waals surface area contributed by atoms with Crippen LogP contribution in [0, 0.1) is 12.8 Å². The number of aryl methyl sites for hydroxylation is 1. The van der Waals surface area contributed by atoms with E-state index in [9.17, 15) is 0 Å². The number of aromatic nitrogens is 2. The number of aliphatic hydroxyl groups is 1. The zero-order chi connectivity index (χ0) is 11.3. The van der Waals surface area contributed by atoms with E-state index in [0.717, 1.165) is 17.9 Å². The van der Waals surface area contributed by atoms with Crippen molar-refractivity contribution in [3.8, 4) is 0 Å². The number of hydrogen-bond acceptors (Lipinski definition) is 4. The van der Waals surface area contributed by atoms with Crippen LogP contribution in [0.15, 0.2) is 12.1 Å². The first-order chi connectivity index (χ1) is 7.13. The van der Waals surface area contributed by atoms with Crippen LogP contribution in [0.25, 0.3) is 0 Å². The molecule has 0 saturated heterocycles. The molecule has 0 amide bonds. The van der Waals surface area contributed by atoms with Gasteiger partial charge in [0.1, 0.15) is 5.82 Å². The molecule has 4 nitrogen and oxygen atoms in total. The Morgan fingerprint density at radius 3 is 2.53 bits per heavy atom. The molecule has 0 fully saturated rings. The SMILES string of the molecule is Cc1ccc(NC(CCO)C(C)C)nn1. The Kier molecular flexibility index (Phi) is 4.49. The highest BCUT2D eigenvalue weighted by Gasteiger charge is 2.12. The van der Waals surface area contributed by atoms with Gasteiger partial charge in [0, 0.05) is 12.6 Å². The van der Waals surface area contributed by atoms with Gasteiger partial charge in [0.15, 0.2) is 0 Å². The Hall–Kier alpha value is -1.16. The number of aliphatic hydroxyl groups excluding tert-OH is 1. The second-order valence-electron chi connectivity index (χ2n) is 4.07. The molecule has 0 radical (unpaired) electrons. The average Bonchev–Trinajstić information content (AvgIpc) is 2.20. The summed E-state index contributed by atoms with van der Waals surface area (Å²) >= 11 is 0. The van der Waals surface area contributed by atoms with Crippen molar-refractivity contribution in [1.29, 1.82) is 0 Å². The van der Waals surface area contributed by atoms with Gasteiger partial charge in [0.05, 0.1) is 5.69 Å². The number of nitrogens with zero attached hydrogens (tertiary/aromatic N) is 2. The summed E-state index contributed by atoms with van der Waals surface area (Å²) in [7, 11) is 0. The lowest BCUT2D eigenvalue weighted by molar-refractivity contribution is 0.267. The standard InChI is InChI=1S/C11H19N3O/c1-8(2)10(6-7-15)12-11-5-4-9(3)13-14-11/h4-5,8,10,15H,6-7H2,1-3H3,(H,12,14). The van der Waals surface area contributed by atoms with Gasteiger partial charge in [-0.15, -0.1) is 5.10 Å². The zero-order valence-electron chi connectivity index (χ0n) is 9.57. The molecule has 0 aliphatic rings. The van der Waals surface area contributed by atoms with Crippen molar-refractivity contribution in [3.05, 3.63) is 17.8 Å². The third-order valence-corrected chi connectivity index (χ3v) is 2.38. The van der Waals surface area contributed by atoms with Gasteiger partial charge < -0.3 is 10.4 Å². The van der Waals surface area contributed by atoms with Crippen molar-refractivity contribution in [3.63, 3.8) is 0 Å². The third-order valence-electron chi connectivity index (χ3n) is 2.38. The Morgan fingerprint density at radius 1 is 1.33 bits per heavy atom. The molecule has 1 atom stereocenters. The van der Waals surface area contributed by atoms with Gasteiger partial charge in [0.25, 0.3) is 0 Å². The first kappa shape index (κ1) is 11.9. The maximum atomic E-state index is 8.93. The Bertz CT molecular complexity index is 284. The molecule has 0 saturated carbocycles. The molecule has 1 unspecified atom stereocenters. The second-order valence-corrected chi connectivity index (χ2v) is 4.07. The van der Waals surface area contributed by atoms with Crippen LogP contribution in [0.3, 0.4) is 0 Å². The molecule has 0 bridgehead atoms. The molecule has 0 spiro atoms. The minimum atomic E-state index is 0.190. The Morgan fingerprint density at radius 2 is 2.07 bits per heavy atom. The number of rotatable bonds is 5. The molecule has 2 N–H and O–H groups in total. The van der Waals surface area contributed by atoms with Crippen LogP contribution in [-0.2, 0) is 0 Å². The molecule has 84 valence electrons. The Balaban J connectivity index is 2.61. The van der Waals surface area contributed by atoms with Gasteiger partial charge in [-0.05, 0) is 31.4 Å². The summed E-state index contributed by atoms with van der Waals surface area (Å²) in [5.74, 6) is 1.23. The fourth-order valence-electron chi connectivity index (χ4n) is 1.38. The first-order valence-corrected chi connectivity index (χ1v) is 5.31. The normalized spacial score (nSPS) is 12.9. The highest BCUT2D eigenvalue weighted by molar-refractivity contribution is 5.34. The lowest BCUT2D eigenvalue weighted by Gasteiger charge is -2.21. The van der Waals surface area contributed by atoms with Crippen LogP contribution in [0.1, 0.15) is 26.0 Å². The van der Waals surface area contributed by atoms with Crippen molar-refractivity contribution in [2.24, 2.45) is 5.92 Å². The van der Waals surface area contributed by atoms with Crippen LogP contribution >= 0.6 is 0 Å². The van der Waals surface area contributed by atoms with Gasteiger partial charge in [-0.25, -0.2) is 0 Å². The minimum absolute atomic E-state index is 0.190. The smallest absolute Gasteiger partial charge is 0.148 e. The van der Waals surface area contributed by atoms with Gasteiger partial charge in [0.2, 0.25) is 0 Å². The van der Waals surface area contributed by atoms with E-state index < -0.39 is 0 Å². The predicted molar refractivity (Wildman–Crippen MR) is 60.7 cm³/mol. The van der Waals surface area contributed by atoms with E-state index in [2.05, 4.69) is 29.4 Å². The number of anilines is 1. The monoisotopic (exact) mass is 209 g/mol. The summed E-state index contributed by atoms with van der Waals surface area (Å²) in [5, 5.41) is 20.2. The highest BCUT2D eigenvalue weighted by atomic mass is 16.3. The molecule has 15 heavy (non-hydrogen) atoms. The molecule has 1 aromatic heterocycles. The lowest BCUT2D eigenvalue weighted by Crippen LogP contribution is -2.27. The molecular weight excluding hydrogens is 190 g/mol. The topological polar surface area (TPSA) is 58.0 Å². The van der Waals surface area contributed by atoms with Crippen LogP contribution in [0.2, 0.25) is 0 Å². The summed E-state index contributed by atoms with van der Waals surface area (Å²) in [5.41, 5.74) is 0.906. The third kappa shape index (κ3) is 3.83. The molecule has 0 aliphatic heterocycles. The van der Waals surface area contributed by atoms with E-state index in [-0.39, 0.29) is 12.6 Å². The molecular formula is C11H19N3O. The maximum absolute atomic E-state index is 8.93. The van der Waals surface area contributed by atoms with E-state index in [1.165, 1.54) is 0 Å². The molecule has 0 aromatic carbocycles. The minimum Gasteiger partial charge on any atom is -0.396 e. The molecule has 4 heteroatoms. The van der Waals surface area contributed by atoms with E-state index >= 15 is 0 Å².